The Morgan fingerprint density at radius 2 is 1.61 bits per heavy atom. The van der Waals surface area contributed by atoms with Crippen LogP contribution in [0, 0.1) is 27.7 Å². The van der Waals surface area contributed by atoms with Crippen LogP contribution in [-0.2, 0) is 6.42 Å². The van der Waals surface area contributed by atoms with Crippen molar-refractivity contribution in [1.82, 2.24) is 0 Å². The summed E-state index contributed by atoms with van der Waals surface area (Å²) in [6.45, 7) is 8.31. The van der Waals surface area contributed by atoms with Gasteiger partial charge in [0.2, 0.25) is 0 Å². The fraction of sp³-hybridized carbons (Fsp3) is 0.375. The Morgan fingerprint density at radius 1 is 1.00 bits per heavy atom. The van der Waals surface area contributed by atoms with Crippen LogP contribution in [0.1, 0.15) is 38.6 Å². The minimum Gasteiger partial charge on any atom is -0.466 e. The third-order valence-corrected chi connectivity index (χ3v) is 4.25. The highest BCUT2D eigenvalue weighted by molar-refractivity contribution is 9.09. The van der Waals surface area contributed by atoms with Crippen LogP contribution in [0.25, 0.3) is 0 Å². The Balaban J connectivity index is 2.21. The van der Waals surface area contributed by atoms with Crippen LogP contribution in [-0.4, -0.2) is 0 Å². The first-order chi connectivity index (χ1) is 8.49. The zero-order valence-corrected chi connectivity index (χ0v) is 13.0. The SMILES string of the molecule is Cc1ccc(CC(Br)c2c(C)oc(C)c2C)cc1. The zero-order chi connectivity index (χ0) is 13.3. The average molecular weight is 307 g/mol. The van der Waals surface area contributed by atoms with Gasteiger partial charge in [-0.1, -0.05) is 45.8 Å². The summed E-state index contributed by atoms with van der Waals surface area (Å²) in [6.07, 6.45) is 0.987. The van der Waals surface area contributed by atoms with Gasteiger partial charge < -0.3 is 4.42 Å². The van der Waals surface area contributed by atoms with Gasteiger partial charge in [0.1, 0.15) is 11.5 Å². The first kappa shape index (κ1) is 13.4. The molecule has 18 heavy (non-hydrogen) atoms. The molecule has 0 fully saturated rings. The summed E-state index contributed by atoms with van der Waals surface area (Å²) in [5.74, 6) is 2.05. The molecule has 0 radical (unpaired) electrons. The van der Waals surface area contributed by atoms with E-state index in [4.69, 9.17) is 4.42 Å². The van der Waals surface area contributed by atoms with Crippen molar-refractivity contribution in [1.29, 1.82) is 0 Å². The second kappa shape index (κ2) is 5.31. The summed E-state index contributed by atoms with van der Waals surface area (Å²) in [6, 6.07) is 8.72. The summed E-state index contributed by atoms with van der Waals surface area (Å²) in [7, 11) is 0. The molecule has 1 aromatic carbocycles. The molecule has 0 aliphatic carbocycles. The second-order valence-corrected chi connectivity index (χ2v) is 6.02. The molecule has 96 valence electrons. The topological polar surface area (TPSA) is 13.1 Å². The van der Waals surface area contributed by atoms with Crippen LogP contribution in [0.2, 0.25) is 0 Å². The van der Waals surface area contributed by atoms with Crippen LogP contribution < -0.4 is 0 Å². The molecule has 0 amide bonds. The molecule has 0 spiro atoms. The summed E-state index contributed by atoms with van der Waals surface area (Å²) in [5.41, 5.74) is 5.21. The van der Waals surface area contributed by atoms with Gasteiger partial charge in [0.15, 0.2) is 0 Å². The number of aryl methyl sites for hydroxylation is 3. The van der Waals surface area contributed by atoms with Gasteiger partial charge in [-0.15, -0.1) is 0 Å². The zero-order valence-electron chi connectivity index (χ0n) is 11.4. The molecular formula is C16H19BrO. The Labute approximate surface area is 117 Å². The highest BCUT2D eigenvalue weighted by Crippen LogP contribution is 2.34. The van der Waals surface area contributed by atoms with Gasteiger partial charge in [-0.2, -0.15) is 0 Å². The number of hydrogen-bond donors (Lipinski definition) is 0. The first-order valence-electron chi connectivity index (χ1n) is 6.25. The summed E-state index contributed by atoms with van der Waals surface area (Å²) < 4.78 is 5.69. The van der Waals surface area contributed by atoms with E-state index in [2.05, 4.69) is 54.0 Å². The van der Waals surface area contributed by atoms with Gasteiger partial charge in [-0.25, -0.2) is 0 Å². The van der Waals surface area contributed by atoms with E-state index in [1.54, 1.807) is 0 Å². The molecule has 0 N–H and O–H groups in total. The maximum absolute atomic E-state index is 5.69. The Bertz CT molecular complexity index is 537. The van der Waals surface area contributed by atoms with Gasteiger partial charge in [0, 0.05) is 10.4 Å². The molecule has 2 aromatic rings. The maximum Gasteiger partial charge on any atom is 0.105 e. The summed E-state index contributed by atoms with van der Waals surface area (Å²) >= 11 is 3.80. The van der Waals surface area contributed by atoms with Crippen LogP contribution in [0.5, 0.6) is 0 Å². The van der Waals surface area contributed by atoms with Crippen molar-refractivity contribution in [2.24, 2.45) is 0 Å². The number of alkyl halides is 1. The van der Waals surface area contributed by atoms with Crippen molar-refractivity contribution >= 4 is 15.9 Å². The summed E-state index contributed by atoms with van der Waals surface area (Å²) in [5, 5.41) is 0. The Morgan fingerprint density at radius 3 is 2.11 bits per heavy atom. The smallest absolute Gasteiger partial charge is 0.105 e. The largest absolute Gasteiger partial charge is 0.466 e. The minimum absolute atomic E-state index is 0.317. The molecule has 0 aliphatic rings. The molecule has 0 saturated carbocycles. The normalized spacial score (nSPS) is 12.7. The number of benzene rings is 1. The standard InChI is InChI=1S/C16H19BrO/c1-10-5-7-14(8-6-10)9-15(17)16-11(2)12(3)18-13(16)4/h5-8,15H,9H2,1-4H3. The van der Waals surface area contributed by atoms with Crippen molar-refractivity contribution in [3.05, 3.63) is 58.0 Å². The Kier molecular flexibility index (Phi) is 3.96. The summed E-state index contributed by atoms with van der Waals surface area (Å²) in [4.78, 5) is 0.317. The van der Waals surface area contributed by atoms with E-state index in [9.17, 15) is 0 Å². The predicted molar refractivity (Wildman–Crippen MR) is 79.5 cm³/mol. The van der Waals surface area contributed by atoms with E-state index in [-0.39, 0.29) is 0 Å². The van der Waals surface area contributed by atoms with Gasteiger partial charge in [-0.05, 0) is 45.2 Å². The quantitative estimate of drug-likeness (QED) is 0.711. The molecule has 0 saturated heterocycles. The molecule has 1 unspecified atom stereocenters. The van der Waals surface area contributed by atoms with Crippen molar-refractivity contribution in [2.45, 2.75) is 38.9 Å². The fourth-order valence-electron chi connectivity index (χ4n) is 2.30. The van der Waals surface area contributed by atoms with E-state index in [0.29, 0.717) is 4.83 Å². The molecule has 2 rings (SSSR count). The Hall–Kier alpha value is -1.02. The maximum atomic E-state index is 5.69. The first-order valence-corrected chi connectivity index (χ1v) is 7.16. The van der Waals surface area contributed by atoms with Gasteiger partial charge in [0.25, 0.3) is 0 Å². The number of furan rings is 1. The average Bonchev–Trinajstić information content (AvgIpc) is 2.56. The van der Waals surface area contributed by atoms with E-state index in [1.807, 2.05) is 13.8 Å². The van der Waals surface area contributed by atoms with Crippen molar-refractivity contribution < 1.29 is 4.42 Å². The third kappa shape index (κ3) is 2.69. The number of halogens is 1. The van der Waals surface area contributed by atoms with E-state index in [1.165, 1.54) is 22.3 Å². The van der Waals surface area contributed by atoms with Gasteiger partial charge >= 0.3 is 0 Å². The lowest BCUT2D eigenvalue weighted by molar-refractivity contribution is 0.499. The van der Waals surface area contributed by atoms with Crippen molar-refractivity contribution in [3.8, 4) is 0 Å². The molecule has 2 heteroatoms. The van der Waals surface area contributed by atoms with E-state index < -0.39 is 0 Å². The molecular weight excluding hydrogens is 288 g/mol. The van der Waals surface area contributed by atoms with Crippen LogP contribution in [0.3, 0.4) is 0 Å². The van der Waals surface area contributed by atoms with Gasteiger partial charge in [0.05, 0.1) is 0 Å². The van der Waals surface area contributed by atoms with Crippen LogP contribution in [0.4, 0.5) is 0 Å². The molecule has 1 atom stereocenters. The van der Waals surface area contributed by atoms with Crippen molar-refractivity contribution in [2.75, 3.05) is 0 Å². The van der Waals surface area contributed by atoms with Crippen LogP contribution in [0.15, 0.2) is 28.7 Å². The second-order valence-electron chi connectivity index (χ2n) is 4.91. The van der Waals surface area contributed by atoms with E-state index in [0.717, 1.165) is 17.9 Å². The van der Waals surface area contributed by atoms with Crippen molar-refractivity contribution in [3.63, 3.8) is 0 Å². The minimum atomic E-state index is 0.317. The lowest BCUT2D eigenvalue weighted by Gasteiger charge is -2.11. The highest BCUT2D eigenvalue weighted by Gasteiger charge is 2.18. The molecule has 1 nitrogen and oxygen atoms in total. The monoisotopic (exact) mass is 306 g/mol. The highest BCUT2D eigenvalue weighted by atomic mass is 79.9. The molecule has 1 heterocycles. The van der Waals surface area contributed by atoms with E-state index >= 15 is 0 Å². The lowest BCUT2D eigenvalue weighted by atomic mass is 10.0. The fourth-order valence-corrected chi connectivity index (χ4v) is 3.34. The lowest BCUT2D eigenvalue weighted by Crippen LogP contribution is -1.98. The number of rotatable bonds is 3. The van der Waals surface area contributed by atoms with Gasteiger partial charge in [-0.3, -0.25) is 0 Å². The van der Waals surface area contributed by atoms with Crippen LogP contribution >= 0.6 is 15.9 Å². The molecule has 0 bridgehead atoms. The molecule has 1 aromatic heterocycles. The molecule has 0 aliphatic heterocycles. The number of hydrogen-bond acceptors (Lipinski definition) is 1. The third-order valence-electron chi connectivity index (χ3n) is 3.47. The predicted octanol–water partition coefficient (Wildman–Crippen LogP) is 5.19.